The van der Waals surface area contributed by atoms with Crippen molar-refractivity contribution < 1.29 is 4.74 Å². The molecule has 128 valence electrons. The molecule has 0 aromatic carbocycles. The van der Waals surface area contributed by atoms with Gasteiger partial charge in [-0.3, -0.25) is 4.98 Å². The van der Waals surface area contributed by atoms with Crippen LogP contribution < -0.4 is 9.64 Å². The van der Waals surface area contributed by atoms with E-state index >= 15 is 0 Å². The van der Waals surface area contributed by atoms with Gasteiger partial charge in [0.15, 0.2) is 5.16 Å². The van der Waals surface area contributed by atoms with Crippen molar-refractivity contribution in [3.05, 3.63) is 35.8 Å². The van der Waals surface area contributed by atoms with Crippen molar-refractivity contribution in [3.8, 4) is 5.75 Å². The number of thioether (sulfide) groups is 1. The summed E-state index contributed by atoms with van der Waals surface area (Å²) in [5, 5.41) is 0.851. The van der Waals surface area contributed by atoms with E-state index < -0.39 is 0 Å². The fraction of sp³-hybridized carbons (Fsp3) is 0.500. The number of aryl methyl sites for hydroxylation is 2. The second kappa shape index (κ2) is 7.83. The van der Waals surface area contributed by atoms with Crippen LogP contribution in [-0.4, -0.2) is 40.9 Å². The number of hydrogen-bond donors (Lipinski definition) is 0. The Morgan fingerprint density at radius 3 is 2.75 bits per heavy atom. The van der Waals surface area contributed by atoms with Crippen LogP contribution >= 0.6 is 11.8 Å². The summed E-state index contributed by atoms with van der Waals surface area (Å²) in [7, 11) is 0. The van der Waals surface area contributed by atoms with Crippen molar-refractivity contribution >= 4 is 17.6 Å². The van der Waals surface area contributed by atoms with E-state index in [1.807, 2.05) is 32.4 Å². The molecule has 6 heteroatoms. The first kappa shape index (κ1) is 17.0. The Kier molecular flexibility index (Phi) is 5.56. The second-order valence-electron chi connectivity index (χ2n) is 6.24. The van der Waals surface area contributed by atoms with E-state index in [0.717, 1.165) is 60.5 Å². The summed E-state index contributed by atoms with van der Waals surface area (Å²) >= 11 is 1.59. The van der Waals surface area contributed by atoms with Gasteiger partial charge in [-0.25, -0.2) is 9.97 Å². The van der Waals surface area contributed by atoms with Crippen LogP contribution in [0.3, 0.4) is 0 Å². The Bertz CT molecular complexity index is 686. The van der Waals surface area contributed by atoms with Gasteiger partial charge in [0, 0.05) is 42.8 Å². The maximum absolute atomic E-state index is 5.99. The quantitative estimate of drug-likeness (QED) is 0.611. The summed E-state index contributed by atoms with van der Waals surface area (Å²) in [6.07, 6.45) is 7.90. The van der Waals surface area contributed by atoms with Crippen LogP contribution in [0.25, 0.3) is 0 Å². The summed E-state index contributed by atoms with van der Waals surface area (Å²) < 4.78 is 5.99. The monoisotopic (exact) mass is 344 g/mol. The molecule has 2 aromatic rings. The SMILES string of the molecule is CSc1nc(C)cc(N2CCC(COc3ccncc3C)CC2)n1. The molecule has 3 rings (SSSR count). The highest BCUT2D eigenvalue weighted by Gasteiger charge is 2.21. The predicted molar refractivity (Wildman–Crippen MR) is 98.0 cm³/mol. The lowest BCUT2D eigenvalue weighted by Gasteiger charge is -2.33. The first-order valence-corrected chi connectivity index (χ1v) is 9.56. The molecule has 0 aliphatic carbocycles. The van der Waals surface area contributed by atoms with Gasteiger partial charge in [-0.2, -0.15) is 0 Å². The van der Waals surface area contributed by atoms with Crippen molar-refractivity contribution in [3.63, 3.8) is 0 Å². The minimum Gasteiger partial charge on any atom is -0.493 e. The van der Waals surface area contributed by atoms with Crippen LogP contribution in [0.2, 0.25) is 0 Å². The van der Waals surface area contributed by atoms with E-state index in [1.54, 1.807) is 18.0 Å². The minimum absolute atomic E-state index is 0.594. The number of anilines is 1. The highest BCUT2D eigenvalue weighted by atomic mass is 32.2. The topological polar surface area (TPSA) is 51.1 Å². The molecule has 0 saturated carbocycles. The van der Waals surface area contributed by atoms with Crippen LogP contribution in [0.1, 0.15) is 24.1 Å². The zero-order chi connectivity index (χ0) is 16.9. The second-order valence-corrected chi connectivity index (χ2v) is 7.01. The van der Waals surface area contributed by atoms with Crippen LogP contribution in [0, 0.1) is 19.8 Å². The maximum Gasteiger partial charge on any atom is 0.189 e. The molecule has 3 heterocycles. The molecule has 0 bridgehead atoms. The van der Waals surface area contributed by atoms with Crippen LogP contribution in [0.5, 0.6) is 5.75 Å². The molecule has 1 aliphatic rings. The van der Waals surface area contributed by atoms with Gasteiger partial charge < -0.3 is 9.64 Å². The number of rotatable bonds is 5. The van der Waals surface area contributed by atoms with E-state index in [1.165, 1.54) is 0 Å². The molecule has 1 aliphatic heterocycles. The third-order valence-electron chi connectivity index (χ3n) is 4.38. The Morgan fingerprint density at radius 2 is 2.04 bits per heavy atom. The van der Waals surface area contributed by atoms with E-state index in [-0.39, 0.29) is 0 Å². The first-order valence-electron chi connectivity index (χ1n) is 8.33. The normalized spacial score (nSPS) is 15.5. The molecule has 0 atom stereocenters. The highest BCUT2D eigenvalue weighted by molar-refractivity contribution is 7.98. The largest absolute Gasteiger partial charge is 0.493 e. The van der Waals surface area contributed by atoms with E-state index in [2.05, 4.69) is 25.9 Å². The molecule has 0 N–H and O–H groups in total. The third kappa shape index (κ3) is 4.17. The molecule has 2 aromatic heterocycles. The molecule has 0 unspecified atom stereocenters. The third-order valence-corrected chi connectivity index (χ3v) is 4.93. The number of pyridine rings is 1. The number of aromatic nitrogens is 3. The first-order chi connectivity index (χ1) is 11.7. The van der Waals surface area contributed by atoms with Crippen molar-refractivity contribution in [2.24, 2.45) is 5.92 Å². The lowest BCUT2D eigenvalue weighted by atomic mass is 9.98. The zero-order valence-corrected chi connectivity index (χ0v) is 15.3. The lowest BCUT2D eigenvalue weighted by molar-refractivity contribution is 0.221. The predicted octanol–water partition coefficient (Wildman–Crippen LogP) is 3.51. The molecular formula is C18H24N4OS. The van der Waals surface area contributed by atoms with E-state index in [4.69, 9.17) is 4.74 Å². The Balaban J connectivity index is 1.54. The van der Waals surface area contributed by atoms with Crippen LogP contribution in [0.4, 0.5) is 5.82 Å². The molecule has 5 nitrogen and oxygen atoms in total. The Labute approximate surface area is 147 Å². The maximum atomic E-state index is 5.99. The molecule has 1 fully saturated rings. The number of piperidine rings is 1. The summed E-state index contributed by atoms with van der Waals surface area (Å²) in [4.78, 5) is 15.5. The van der Waals surface area contributed by atoms with Gasteiger partial charge >= 0.3 is 0 Å². The Morgan fingerprint density at radius 1 is 1.25 bits per heavy atom. The number of nitrogens with zero attached hydrogens (tertiary/aromatic N) is 4. The summed E-state index contributed by atoms with van der Waals surface area (Å²) in [5.74, 6) is 2.59. The van der Waals surface area contributed by atoms with Crippen molar-refractivity contribution in [2.75, 3.05) is 30.9 Å². The Hall–Kier alpha value is -1.82. The van der Waals surface area contributed by atoms with Gasteiger partial charge in [0.1, 0.15) is 11.6 Å². The van der Waals surface area contributed by atoms with Gasteiger partial charge in [-0.05, 0) is 44.9 Å². The van der Waals surface area contributed by atoms with Crippen molar-refractivity contribution in [1.82, 2.24) is 15.0 Å². The van der Waals surface area contributed by atoms with E-state index in [0.29, 0.717) is 5.92 Å². The van der Waals surface area contributed by atoms with Gasteiger partial charge in [0.2, 0.25) is 0 Å². The molecule has 0 radical (unpaired) electrons. The summed E-state index contributed by atoms with van der Waals surface area (Å²) in [6.45, 7) is 6.88. The van der Waals surface area contributed by atoms with Crippen molar-refractivity contribution in [1.29, 1.82) is 0 Å². The van der Waals surface area contributed by atoms with Gasteiger partial charge in [0.05, 0.1) is 6.61 Å². The average Bonchev–Trinajstić information content (AvgIpc) is 2.61. The minimum atomic E-state index is 0.594. The molecule has 1 saturated heterocycles. The summed E-state index contributed by atoms with van der Waals surface area (Å²) in [5.41, 5.74) is 2.12. The molecule has 0 spiro atoms. The highest BCUT2D eigenvalue weighted by Crippen LogP contribution is 2.25. The van der Waals surface area contributed by atoms with Crippen molar-refractivity contribution in [2.45, 2.75) is 31.8 Å². The molecular weight excluding hydrogens is 320 g/mol. The average molecular weight is 344 g/mol. The number of hydrogen-bond acceptors (Lipinski definition) is 6. The van der Waals surface area contributed by atoms with Gasteiger partial charge in [0.25, 0.3) is 0 Å². The molecule has 0 amide bonds. The lowest BCUT2D eigenvalue weighted by Crippen LogP contribution is -2.36. The van der Waals surface area contributed by atoms with Gasteiger partial charge in [-0.15, -0.1) is 0 Å². The standard InChI is InChI=1S/C18H24N4OS/c1-13-11-19-7-4-16(13)23-12-15-5-8-22(9-6-15)17-10-14(2)20-18(21-17)24-3/h4,7,10-11,15H,5-6,8-9,12H2,1-3H3. The number of ether oxygens (including phenoxy) is 1. The fourth-order valence-corrected chi connectivity index (χ4v) is 3.36. The van der Waals surface area contributed by atoms with E-state index in [9.17, 15) is 0 Å². The van der Waals surface area contributed by atoms with Gasteiger partial charge in [-0.1, -0.05) is 11.8 Å². The van der Waals surface area contributed by atoms with Crippen LogP contribution in [-0.2, 0) is 0 Å². The summed E-state index contributed by atoms with van der Waals surface area (Å²) in [6, 6.07) is 4.02. The zero-order valence-electron chi connectivity index (χ0n) is 14.5. The molecule has 24 heavy (non-hydrogen) atoms. The smallest absolute Gasteiger partial charge is 0.189 e. The fourth-order valence-electron chi connectivity index (χ4n) is 2.94. The van der Waals surface area contributed by atoms with Crippen LogP contribution in [0.15, 0.2) is 29.7 Å².